The summed E-state index contributed by atoms with van der Waals surface area (Å²) in [6, 6.07) is 4.71. The lowest BCUT2D eigenvalue weighted by molar-refractivity contribution is 0.425. The number of nitrogens with one attached hydrogen (secondary N) is 1. The third-order valence-corrected chi connectivity index (χ3v) is 3.58. The Balaban J connectivity index is 2.50. The molecule has 0 bridgehead atoms. The van der Waals surface area contributed by atoms with E-state index in [1.165, 1.54) is 11.3 Å². The van der Waals surface area contributed by atoms with Gasteiger partial charge in [0, 0.05) is 10.9 Å². The van der Waals surface area contributed by atoms with Crippen molar-refractivity contribution < 1.29 is 0 Å². The van der Waals surface area contributed by atoms with Crippen LogP contribution in [0.4, 0.5) is 0 Å². The largest absolute Gasteiger partial charge is 0.314 e. The number of halogens is 1. The molecular formula is C12H20ClNS. The summed E-state index contributed by atoms with van der Waals surface area (Å²) in [5.41, 5.74) is 0. The maximum atomic E-state index is 5.92. The molecule has 1 N–H and O–H groups in total. The van der Waals surface area contributed by atoms with E-state index in [-0.39, 0.29) is 0 Å². The molecule has 0 radical (unpaired) electrons. The van der Waals surface area contributed by atoms with E-state index in [4.69, 9.17) is 11.6 Å². The monoisotopic (exact) mass is 245 g/mol. The minimum absolute atomic E-state index is 0.588. The molecular weight excluding hydrogens is 226 g/mol. The molecule has 1 aromatic heterocycles. The van der Waals surface area contributed by atoms with Gasteiger partial charge in [-0.2, -0.15) is 0 Å². The van der Waals surface area contributed by atoms with Gasteiger partial charge in [-0.3, -0.25) is 0 Å². The summed E-state index contributed by atoms with van der Waals surface area (Å²) in [6.07, 6.45) is 2.33. The molecule has 1 heterocycles. The SMILES string of the molecule is CCNC(Cc1ccc(Cl)s1)CC(C)C. The molecule has 0 aliphatic carbocycles. The van der Waals surface area contributed by atoms with E-state index in [1.54, 1.807) is 11.3 Å². The van der Waals surface area contributed by atoms with E-state index in [2.05, 4.69) is 32.2 Å². The number of likely N-dealkylation sites (N-methyl/N-ethyl adjacent to an activating group) is 1. The van der Waals surface area contributed by atoms with Crippen LogP contribution in [-0.4, -0.2) is 12.6 Å². The Hall–Kier alpha value is -0.0500. The molecule has 1 nitrogen and oxygen atoms in total. The fourth-order valence-electron chi connectivity index (χ4n) is 1.80. The zero-order valence-electron chi connectivity index (χ0n) is 9.72. The Kier molecular flexibility index (Phi) is 5.65. The molecule has 1 unspecified atom stereocenters. The Labute approximate surface area is 102 Å². The molecule has 3 heteroatoms. The van der Waals surface area contributed by atoms with Gasteiger partial charge in [0.2, 0.25) is 0 Å². The molecule has 86 valence electrons. The number of rotatable bonds is 6. The Morgan fingerprint density at radius 1 is 1.40 bits per heavy atom. The quantitative estimate of drug-likeness (QED) is 0.800. The average Bonchev–Trinajstić information content (AvgIpc) is 2.50. The maximum absolute atomic E-state index is 5.92. The third-order valence-electron chi connectivity index (χ3n) is 2.33. The predicted octanol–water partition coefficient (Wildman–Crippen LogP) is 3.97. The fraction of sp³-hybridized carbons (Fsp3) is 0.667. The van der Waals surface area contributed by atoms with Gasteiger partial charge in [0.05, 0.1) is 4.34 Å². The lowest BCUT2D eigenvalue weighted by Crippen LogP contribution is -2.32. The highest BCUT2D eigenvalue weighted by Crippen LogP contribution is 2.23. The molecule has 0 aromatic carbocycles. The van der Waals surface area contributed by atoms with Crippen molar-refractivity contribution in [2.24, 2.45) is 5.92 Å². The Morgan fingerprint density at radius 3 is 2.60 bits per heavy atom. The molecule has 0 aliphatic rings. The molecule has 1 atom stereocenters. The smallest absolute Gasteiger partial charge is 0.0931 e. The summed E-state index contributed by atoms with van der Waals surface area (Å²) in [7, 11) is 0. The highest BCUT2D eigenvalue weighted by molar-refractivity contribution is 7.16. The second-order valence-electron chi connectivity index (χ2n) is 4.29. The Bertz CT molecular complexity index is 283. The van der Waals surface area contributed by atoms with Gasteiger partial charge in [-0.15, -0.1) is 11.3 Å². The first-order valence-corrected chi connectivity index (χ1v) is 6.78. The fourth-order valence-corrected chi connectivity index (χ4v) is 2.97. The summed E-state index contributed by atoms with van der Waals surface area (Å²) >= 11 is 7.62. The highest BCUT2D eigenvalue weighted by atomic mass is 35.5. The Morgan fingerprint density at radius 2 is 2.13 bits per heavy atom. The van der Waals surface area contributed by atoms with E-state index < -0.39 is 0 Å². The van der Waals surface area contributed by atoms with E-state index in [9.17, 15) is 0 Å². The van der Waals surface area contributed by atoms with Crippen LogP contribution in [0.25, 0.3) is 0 Å². The summed E-state index contributed by atoms with van der Waals surface area (Å²) in [6.45, 7) is 7.74. The summed E-state index contributed by atoms with van der Waals surface area (Å²) in [4.78, 5) is 1.38. The van der Waals surface area contributed by atoms with Crippen LogP contribution in [0.15, 0.2) is 12.1 Å². The van der Waals surface area contributed by atoms with Crippen molar-refractivity contribution >= 4 is 22.9 Å². The van der Waals surface area contributed by atoms with Crippen LogP contribution in [0.2, 0.25) is 4.34 Å². The van der Waals surface area contributed by atoms with E-state index in [0.717, 1.165) is 23.2 Å². The van der Waals surface area contributed by atoms with Gasteiger partial charge in [0.15, 0.2) is 0 Å². The van der Waals surface area contributed by atoms with Crippen molar-refractivity contribution in [3.8, 4) is 0 Å². The first-order valence-electron chi connectivity index (χ1n) is 5.59. The van der Waals surface area contributed by atoms with Crippen LogP contribution in [-0.2, 0) is 6.42 Å². The van der Waals surface area contributed by atoms with E-state index >= 15 is 0 Å². The molecule has 0 aliphatic heterocycles. The lowest BCUT2D eigenvalue weighted by atomic mass is 10.0. The van der Waals surface area contributed by atoms with Crippen LogP contribution in [0.1, 0.15) is 32.1 Å². The zero-order valence-corrected chi connectivity index (χ0v) is 11.3. The molecule has 0 saturated heterocycles. The van der Waals surface area contributed by atoms with Gasteiger partial charge < -0.3 is 5.32 Å². The number of hydrogen-bond donors (Lipinski definition) is 1. The molecule has 1 rings (SSSR count). The normalized spacial score (nSPS) is 13.4. The number of thiophene rings is 1. The van der Waals surface area contributed by atoms with Crippen molar-refractivity contribution in [2.45, 2.75) is 39.7 Å². The summed E-state index contributed by atoms with van der Waals surface area (Å²) in [5, 5.41) is 3.54. The van der Waals surface area contributed by atoms with Crippen molar-refractivity contribution in [1.82, 2.24) is 5.32 Å². The van der Waals surface area contributed by atoms with Gasteiger partial charge in [-0.05, 0) is 37.4 Å². The lowest BCUT2D eigenvalue weighted by Gasteiger charge is -2.19. The standard InChI is InChI=1S/C12H20ClNS/c1-4-14-10(7-9(2)3)8-11-5-6-12(13)15-11/h5-6,9-10,14H,4,7-8H2,1-3H3. The molecule has 0 spiro atoms. The minimum atomic E-state index is 0.588. The van der Waals surface area contributed by atoms with Crippen LogP contribution < -0.4 is 5.32 Å². The van der Waals surface area contributed by atoms with E-state index in [0.29, 0.717) is 6.04 Å². The molecule has 0 fully saturated rings. The second-order valence-corrected chi connectivity index (χ2v) is 6.09. The topological polar surface area (TPSA) is 12.0 Å². The molecule has 1 aromatic rings. The molecule has 15 heavy (non-hydrogen) atoms. The van der Waals surface area contributed by atoms with Crippen molar-refractivity contribution in [1.29, 1.82) is 0 Å². The minimum Gasteiger partial charge on any atom is -0.314 e. The highest BCUT2D eigenvalue weighted by Gasteiger charge is 2.11. The average molecular weight is 246 g/mol. The third kappa shape index (κ3) is 5.01. The van der Waals surface area contributed by atoms with E-state index in [1.807, 2.05) is 6.07 Å². The molecule has 0 amide bonds. The first-order chi connectivity index (χ1) is 7.11. The van der Waals surface area contributed by atoms with Crippen molar-refractivity contribution in [3.63, 3.8) is 0 Å². The first kappa shape index (κ1) is 13.0. The second kappa shape index (κ2) is 6.51. The maximum Gasteiger partial charge on any atom is 0.0931 e. The van der Waals surface area contributed by atoms with Crippen LogP contribution >= 0.6 is 22.9 Å². The van der Waals surface area contributed by atoms with Gasteiger partial charge in [0.1, 0.15) is 0 Å². The summed E-state index contributed by atoms with van der Waals surface area (Å²) < 4.78 is 0.893. The van der Waals surface area contributed by atoms with Gasteiger partial charge in [0.25, 0.3) is 0 Å². The van der Waals surface area contributed by atoms with Gasteiger partial charge in [-0.1, -0.05) is 32.4 Å². The van der Waals surface area contributed by atoms with Crippen LogP contribution in [0, 0.1) is 5.92 Å². The predicted molar refractivity (Wildman–Crippen MR) is 70.0 cm³/mol. The van der Waals surface area contributed by atoms with Crippen LogP contribution in [0.5, 0.6) is 0 Å². The van der Waals surface area contributed by atoms with Crippen LogP contribution in [0.3, 0.4) is 0 Å². The van der Waals surface area contributed by atoms with Crippen molar-refractivity contribution in [2.75, 3.05) is 6.54 Å². The van der Waals surface area contributed by atoms with Gasteiger partial charge in [-0.25, -0.2) is 0 Å². The van der Waals surface area contributed by atoms with Gasteiger partial charge >= 0.3 is 0 Å². The molecule has 0 saturated carbocycles. The zero-order chi connectivity index (χ0) is 11.3. The summed E-state index contributed by atoms with van der Waals surface area (Å²) in [5.74, 6) is 0.740. The number of hydrogen-bond acceptors (Lipinski definition) is 2. The van der Waals surface area contributed by atoms with Crippen molar-refractivity contribution in [3.05, 3.63) is 21.3 Å².